The molecule has 0 spiro atoms. The van der Waals surface area contributed by atoms with Gasteiger partial charge in [-0.25, -0.2) is 9.78 Å². The molecular weight excluding hydrogens is 176 g/mol. The minimum absolute atomic E-state index is 0.197. The summed E-state index contributed by atoms with van der Waals surface area (Å²) in [6, 6.07) is 1.56. The quantitative estimate of drug-likeness (QED) is 0.720. The van der Waals surface area contributed by atoms with Gasteiger partial charge in [-0.15, -0.1) is 0 Å². The predicted octanol–water partition coefficient (Wildman–Crippen LogP) is 1.39. The molecule has 0 atom stereocenters. The normalized spacial score (nSPS) is 10.3. The molecule has 12 heavy (non-hydrogen) atoms. The number of carboxylic acids is 1. The van der Waals surface area contributed by atoms with E-state index in [2.05, 4.69) is 9.36 Å². The zero-order valence-electron chi connectivity index (χ0n) is 5.89. The third kappa shape index (κ3) is 1.04. The average Bonchev–Trinajstić information content (AvgIpc) is 2.49. The molecule has 1 N–H and O–H groups in total. The third-order valence-corrected chi connectivity index (χ3v) is 2.18. The number of fused-ring (bicyclic) bond motifs is 1. The van der Waals surface area contributed by atoms with Crippen LogP contribution >= 0.6 is 11.5 Å². The lowest BCUT2D eigenvalue weighted by Crippen LogP contribution is -1.95. The number of carbonyl (C=O) groups is 1. The number of aromatic nitrogens is 2. The summed E-state index contributed by atoms with van der Waals surface area (Å²) < 4.78 is 3.89. The second-order valence-electron chi connectivity index (χ2n) is 2.25. The highest BCUT2D eigenvalue weighted by atomic mass is 32.1. The van der Waals surface area contributed by atoms with Crippen molar-refractivity contribution in [1.82, 2.24) is 9.36 Å². The van der Waals surface area contributed by atoms with Gasteiger partial charge in [0.2, 0.25) is 0 Å². The summed E-state index contributed by atoms with van der Waals surface area (Å²) in [5.41, 5.74) is 0.197. The molecule has 0 unspecified atom stereocenters. The first kappa shape index (κ1) is 7.17. The molecule has 0 aliphatic carbocycles. The topological polar surface area (TPSA) is 63.1 Å². The van der Waals surface area contributed by atoms with Gasteiger partial charge in [0.05, 0.1) is 11.8 Å². The summed E-state index contributed by atoms with van der Waals surface area (Å²) in [6.45, 7) is 0. The third-order valence-electron chi connectivity index (χ3n) is 1.46. The lowest BCUT2D eigenvalue weighted by atomic mass is 10.2. The van der Waals surface area contributed by atoms with E-state index in [1.54, 1.807) is 12.3 Å². The van der Waals surface area contributed by atoms with Gasteiger partial charge in [0.15, 0.2) is 0 Å². The van der Waals surface area contributed by atoms with Crippen molar-refractivity contribution in [3.8, 4) is 0 Å². The van der Waals surface area contributed by atoms with Crippen LogP contribution in [0.4, 0.5) is 0 Å². The molecule has 0 saturated heterocycles. The van der Waals surface area contributed by atoms with Gasteiger partial charge in [-0.2, -0.15) is 4.37 Å². The van der Waals surface area contributed by atoms with Gasteiger partial charge < -0.3 is 5.11 Å². The zero-order valence-corrected chi connectivity index (χ0v) is 6.71. The summed E-state index contributed by atoms with van der Waals surface area (Å²) in [6.07, 6.45) is 2.95. The summed E-state index contributed by atoms with van der Waals surface area (Å²) in [5, 5.41) is 9.40. The minimum Gasteiger partial charge on any atom is -0.478 e. The molecule has 0 fully saturated rings. The Morgan fingerprint density at radius 2 is 2.33 bits per heavy atom. The van der Waals surface area contributed by atoms with Gasteiger partial charge in [-0.1, -0.05) is 0 Å². The Labute approximate surface area is 71.7 Å². The van der Waals surface area contributed by atoms with Crippen molar-refractivity contribution < 1.29 is 9.90 Å². The van der Waals surface area contributed by atoms with Crippen LogP contribution in [0.25, 0.3) is 10.2 Å². The van der Waals surface area contributed by atoms with Gasteiger partial charge >= 0.3 is 5.97 Å². The zero-order chi connectivity index (χ0) is 8.55. The fourth-order valence-corrected chi connectivity index (χ4v) is 1.47. The van der Waals surface area contributed by atoms with E-state index < -0.39 is 5.97 Å². The monoisotopic (exact) mass is 180 g/mol. The highest BCUT2D eigenvalue weighted by Gasteiger charge is 2.04. The molecule has 2 aromatic rings. The smallest absolute Gasteiger partial charge is 0.337 e. The van der Waals surface area contributed by atoms with E-state index in [4.69, 9.17) is 5.11 Å². The van der Waals surface area contributed by atoms with E-state index >= 15 is 0 Å². The first-order valence-corrected chi connectivity index (χ1v) is 3.98. The fraction of sp³-hybridized carbons (Fsp3) is 0. The number of aromatic carboxylic acids is 1. The van der Waals surface area contributed by atoms with E-state index in [0.717, 1.165) is 10.2 Å². The van der Waals surface area contributed by atoms with Gasteiger partial charge in [0.25, 0.3) is 0 Å². The van der Waals surface area contributed by atoms with E-state index in [9.17, 15) is 4.79 Å². The molecule has 2 aromatic heterocycles. The molecule has 0 radical (unpaired) electrons. The number of hydrogen-bond donors (Lipinski definition) is 1. The van der Waals surface area contributed by atoms with Crippen LogP contribution in [0.1, 0.15) is 10.4 Å². The van der Waals surface area contributed by atoms with Crippen LogP contribution in [0.15, 0.2) is 18.5 Å². The lowest BCUT2D eigenvalue weighted by molar-refractivity contribution is 0.0696. The maximum absolute atomic E-state index is 10.5. The Bertz CT molecular complexity index is 438. The van der Waals surface area contributed by atoms with Crippen molar-refractivity contribution in [1.29, 1.82) is 0 Å². The standard InChI is InChI=1S/C7H4N2O2S/c10-7(11)5-1-4-3-9-12-6(4)8-2-5/h1-3H,(H,10,11). The van der Waals surface area contributed by atoms with Gasteiger partial charge in [0.1, 0.15) is 4.83 Å². The molecule has 0 bridgehead atoms. The molecule has 0 aromatic carbocycles. The molecule has 0 aliphatic heterocycles. The van der Waals surface area contributed by atoms with E-state index in [-0.39, 0.29) is 5.56 Å². The number of rotatable bonds is 1. The van der Waals surface area contributed by atoms with Crippen LogP contribution in [0.2, 0.25) is 0 Å². The van der Waals surface area contributed by atoms with Crippen molar-refractivity contribution in [2.45, 2.75) is 0 Å². The van der Waals surface area contributed by atoms with Gasteiger partial charge in [-0.3, -0.25) is 0 Å². The Hall–Kier alpha value is -1.49. The van der Waals surface area contributed by atoms with Crippen LogP contribution in [0, 0.1) is 0 Å². The fourth-order valence-electron chi connectivity index (χ4n) is 0.888. The van der Waals surface area contributed by atoms with Crippen molar-refractivity contribution in [3.63, 3.8) is 0 Å². The number of pyridine rings is 1. The number of nitrogens with zero attached hydrogens (tertiary/aromatic N) is 2. The first-order chi connectivity index (χ1) is 5.77. The van der Waals surface area contributed by atoms with Crippen molar-refractivity contribution in [2.75, 3.05) is 0 Å². The van der Waals surface area contributed by atoms with Gasteiger partial charge in [0, 0.05) is 11.6 Å². The minimum atomic E-state index is -0.962. The SMILES string of the molecule is O=C(O)c1cnc2sncc2c1. The maximum atomic E-state index is 10.5. The Balaban J connectivity index is 2.68. The molecule has 2 rings (SSSR count). The molecular formula is C7H4N2O2S. The molecule has 60 valence electrons. The van der Waals surface area contributed by atoms with Crippen molar-refractivity contribution in [2.24, 2.45) is 0 Å². The lowest BCUT2D eigenvalue weighted by Gasteiger charge is -1.91. The predicted molar refractivity (Wildman–Crippen MR) is 44.4 cm³/mol. The highest BCUT2D eigenvalue weighted by molar-refractivity contribution is 7.12. The maximum Gasteiger partial charge on any atom is 0.337 e. The van der Waals surface area contributed by atoms with Crippen molar-refractivity contribution in [3.05, 3.63) is 24.0 Å². The van der Waals surface area contributed by atoms with E-state index in [1.165, 1.54) is 17.7 Å². The number of hydrogen-bond acceptors (Lipinski definition) is 4. The van der Waals surface area contributed by atoms with Gasteiger partial charge in [-0.05, 0) is 17.6 Å². The Morgan fingerprint density at radius 1 is 1.50 bits per heavy atom. The van der Waals surface area contributed by atoms with E-state index in [1.807, 2.05) is 0 Å². The van der Waals surface area contributed by atoms with Crippen LogP contribution in [-0.4, -0.2) is 20.4 Å². The van der Waals surface area contributed by atoms with E-state index in [0.29, 0.717) is 0 Å². The van der Waals surface area contributed by atoms with Crippen LogP contribution in [0.5, 0.6) is 0 Å². The molecule has 2 heterocycles. The number of carboxylic acid groups (broad SMARTS) is 1. The first-order valence-electron chi connectivity index (χ1n) is 3.21. The second-order valence-corrected chi connectivity index (χ2v) is 3.03. The Morgan fingerprint density at radius 3 is 3.08 bits per heavy atom. The second kappa shape index (κ2) is 2.53. The van der Waals surface area contributed by atoms with Crippen LogP contribution in [-0.2, 0) is 0 Å². The van der Waals surface area contributed by atoms with Crippen LogP contribution in [0.3, 0.4) is 0 Å². The Kier molecular flexibility index (Phi) is 1.51. The summed E-state index contributed by atoms with van der Waals surface area (Å²) >= 11 is 1.25. The highest BCUT2D eigenvalue weighted by Crippen LogP contribution is 2.15. The largest absolute Gasteiger partial charge is 0.478 e. The molecule has 0 amide bonds. The molecule has 4 nitrogen and oxygen atoms in total. The molecule has 5 heteroatoms. The summed E-state index contributed by atoms with van der Waals surface area (Å²) in [5.74, 6) is -0.962. The summed E-state index contributed by atoms with van der Waals surface area (Å²) in [7, 11) is 0. The van der Waals surface area contributed by atoms with Crippen LogP contribution < -0.4 is 0 Å². The average molecular weight is 180 g/mol. The van der Waals surface area contributed by atoms with Crippen molar-refractivity contribution >= 4 is 27.7 Å². The summed E-state index contributed by atoms with van der Waals surface area (Å²) in [4.78, 5) is 15.2. The molecule has 0 aliphatic rings. The molecule has 0 saturated carbocycles.